The number of amides is 3. The molecule has 0 unspecified atom stereocenters. The number of carbonyl (C=O) groups is 5. The molecule has 0 fully saturated rings. The Morgan fingerprint density at radius 1 is 0.568 bits per heavy atom. The smallest absolute Gasteiger partial charge is 0.408 e. The van der Waals surface area contributed by atoms with Gasteiger partial charge in [0, 0.05) is 24.0 Å². The van der Waals surface area contributed by atoms with Gasteiger partial charge in [-0.1, -0.05) is 56.7 Å². The van der Waals surface area contributed by atoms with Crippen LogP contribution >= 0.6 is 0 Å². The molecule has 3 N–H and O–H groups in total. The molecule has 4 aromatic carbocycles. The fraction of sp³-hybridized carbons (Fsp3) is 0.463. The predicted molar refractivity (Wildman–Crippen MR) is 263 cm³/mol. The van der Waals surface area contributed by atoms with Crippen LogP contribution in [-0.4, -0.2) is 78.7 Å². The topological polar surface area (TPSA) is 186 Å². The zero-order valence-electron chi connectivity index (χ0n) is 43.9. The van der Waals surface area contributed by atoms with Gasteiger partial charge in [0.05, 0.1) is 19.3 Å². The summed E-state index contributed by atoms with van der Waals surface area (Å²) >= 11 is 0. The lowest BCUT2D eigenvalue weighted by atomic mass is 9.93. The van der Waals surface area contributed by atoms with E-state index in [9.17, 15) is 45.9 Å². The summed E-state index contributed by atoms with van der Waals surface area (Å²) in [6.45, 7) is 20.1. The molecule has 20 heteroatoms. The highest BCUT2D eigenvalue weighted by atomic mass is 19.2. The zero-order valence-corrected chi connectivity index (χ0v) is 43.9. The first-order valence-corrected chi connectivity index (χ1v) is 23.9. The number of esters is 2. The van der Waals surface area contributed by atoms with E-state index in [0.717, 1.165) is 5.56 Å². The molecule has 404 valence electrons. The minimum atomic E-state index is -2.48. The maximum absolute atomic E-state index is 14.8. The van der Waals surface area contributed by atoms with E-state index in [-0.39, 0.29) is 41.4 Å². The Morgan fingerprint density at radius 2 is 1.12 bits per heavy atom. The number of carbonyl (C=O) groups excluding carboxylic acids is 5. The third-order valence-corrected chi connectivity index (χ3v) is 10.6. The van der Waals surface area contributed by atoms with Gasteiger partial charge in [-0.3, -0.25) is 4.79 Å². The molecule has 4 rings (SSSR count). The average molecular weight is 1040 g/mol. The van der Waals surface area contributed by atoms with Gasteiger partial charge in [-0.25, -0.2) is 32.3 Å². The molecular formula is C54H66F5N3O12. The Bertz CT molecular complexity index is 2610. The van der Waals surface area contributed by atoms with Gasteiger partial charge in [0.25, 0.3) is 0 Å². The molecule has 0 aromatic heterocycles. The van der Waals surface area contributed by atoms with Gasteiger partial charge in [-0.05, 0) is 116 Å². The van der Waals surface area contributed by atoms with Crippen molar-refractivity contribution in [1.29, 1.82) is 0 Å². The van der Waals surface area contributed by atoms with Crippen molar-refractivity contribution < 1.29 is 79.1 Å². The highest BCUT2D eigenvalue weighted by molar-refractivity contribution is 5.90. The minimum Gasteiger partial charge on any atom is -0.496 e. The number of ether oxygens (including phenoxy) is 7. The van der Waals surface area contributed by atoms with Crippen LogP contribution in [0.5, 0.6) is 23.0 Å². The highest BCUT2D eigenvalue weighted by Crippen LogP contribution is 2.45. The summed E-state index contributed by atoms with van der Waals surface area (Å²) in [6.07, 6.45) is -3.26. The van der Waals surface area contributed by atoms with Crippen molar-refractivity contribution in [1.82, 2.24) is 16.0 Å². The van der Waals surface area contributed by atoms with Gasteiger partial charge in [-0.15, -0.1) is 0 Å². The molecular weight excluding hydrogens is 978 g/mol. The molecule has 0 radical (unpaired) electrons. The number of halogens is 5. The lowest BCUT2D eigenvalue weighted by Crippen LogP contribution is -2.55. The second-order valence-electron chi connectivity index (χ2n) is 19.9. The van der Waals surface area contributed by atoms with Gasteiger partial charge in [0.15, 0.2) is 11.5 Å². The van der Waals surface area contributed by atoms with Crippen LogP contribution in [0.2, 0.25) is 0 Å². The largest absolute Gasteiger partial charge is 0.496 e. The molecule has 4 atom stereocenters. The van der Waals surface area contributed by atoms with Crippen LogP contribution in [0.15, 0.2) is 60.7 Å². The molecule has 15 nitrogen and oxygen atoms in total. The number of hydrogen-bond donors (Lipinski definition) is 3. The van der Waals surface area contributed by atoms with Crippen molar-refractivity contribution in [2.75, 3.05) is 7.11 Å². The quantitative estimate of drug-likeness (QED) is 0.0179. The van der Waals surface area contributed by atoms with E-state index in [2.05, 4.69) is 16.0 Å². The van der Waals surface area contributed by atoms with Crippen LogP contribution in [0.3, 0.4) is 0 Å². The van der Waals surface area contributed by atoms with E-state index in [1.807, 2.05) is 13.0 Å². The van der Waals surface area contributed by atoms with Gasteiger partial charge in [-0.2, -0.15) is 8.78 Å². The van der Waals surface area contributed by atoms with E-state index in [1.54, 1.807) is 91.8 Å². The first kappa shape index (κ1) is 59.4. The fourth-order valence-corrected chi connectivity index (χ4v) is 7.15. The first-order chi connectivity index (χ1) is 34.5. The fourth-order valence-electron chi connectivity index (χ4n) is 7.15. The molecule has 0 aliphatic heterocycles. The van der Waals surface area contributed by atoms with E-state index >= 15 is 0 Å². The molecule has 0 aliphatic carbocycles. The second kappa shape index (κ2) is 25.7. The summed E-state index contributed by atoms with van der Waals surface area (Å²) in [5.74, 6) is -16.9. The van der Waals surface area contributed by atoms with E-state index in [4.69, 9.17) is 33.2 Å². The van der Waals surface area contributed by atoms with Crippen molar-refractivity contribution in [2.45, 2.75) is 150 Å². The van der Waals surface area contributed by atoms with Crippen molar-refractivity contribution >= 4 is 30.0 Å². The van der Waals surface area contributed by atoms with Crippen LogP contribution in [0, 0.1) is 35.0 Å². The van der Waals surface area contributed by atoms with Crippen LogP contribution < -0.4 is 34.9 Å². The molecule has 4 aromatic rings. The summed E-state index contributed by atoms with van der Waals surface area (Å²) in [5, 5.41) is 7.72. The summed E-state index contributed by atoms with van der Waals surface area (Å²) in [5.41, 5.74) is -0.229. The Kier molecular flexibility index (Phi) is 20.6. The molecule has 0 spiro atoms. The molecule has 3 amide bonds. The van der Waals surface area contributed by atoms with Gasteiger partial charge in [0.1, 0.15) is 41.7 Å². The highest BCUT2D eigenvalue weighted by Gasteiger charge is 2.35. The summed E-state index contributed by atoms with van der Waals surface area (Å²) in [7, 11) is 1.37. The summed E-state index contributed by atoms with van der Waals surface area (Å²) in [4.78, 5) is 68.3. The molecule has 0 saturated carbocycles. The maximum atomic E-state index is 14.8. The van der Waals surface area contributed by atoms with Crippen LogP contribution in [0.4, 0.5) is 31.5 Å². The molecule has 0 aliphatic rings. The van der Waals surface area contributed by atoms with Crippen LogP contribution in [-0.2, 0) is 48.0 Å². The van der Waals surface area contributed by atoms with Crippen molar-refractivity contribution in [3.05, 3.63) is 106 Å². The van der Waals surface area contributed by atoms with E-state index in [1.165, 1.54) is 46.1 Å². The number of rotatable bonds is 21. The standard InChI is InChI=1S/C54H66F5N3O12/c1-14-30(6)45(62-51(66)69-27-31-18-16-15-17-19-31)48(63)60-37(50(65)73-53(7,8)9)25-33-23-35(46(71-29(4)5)39(26-33)70-28(2)3)34-22-32(20-21-38(34)68-13)24-36(61-52(67)74-54(10,11)12)49(64)72-47-43(58)41(56)40(55)42(57)44(47)59/h15-23,26,28-30,36-37,45H,14,24-25,27H2,1-13H3,(H,60,63)(H,61,67)(H,62,66)/t30-,36-,37-,45-/m0/s1. The normalized spacial score (nSPS) is 13.2. The Morgan fingerprint density at radius 3 is 1.68 bits per heavy atom. The Hall–Kier alpha value is -7.12. The van der Waals surface area contributed by atoms with Gasteiger partial charge < -0.3 is 49.1 Å². The van der Waals surface area contributed by atoms with E-state index < -0.39 is 119 Å². The average Bonchev–Trinajstić information content (AvgIpc) is 3.31. The van der Waals surface area contributed by atoms with Gasteiger partial charge in [0.2, 0.25) is 40.7 Å². The summed E-state index contributed by atoms with van der Waals surface area (Å²) < 4.78 is 112. The third-order valence-electron chi connectivity index (χ3n) is 10.6. The number of nitrogens with one attached hydrogen (secondary N) is 3. The van der Waals surface area contributed by atoms with Crippen molar-refractivity contribution in [3.8, 4) is 34.1 Å². The Balaban J connectivity index is 1.86. The number of methoxy groups -OCH3 is 1. The first-order valence-electron chi connectivity index (χ1n) is 23.9. The van der Waals surface area contributed by atoms with Crippen LogP contribution in [0.1, 0.15) is 106 Å². The van der Waals surface area contributed by atoms with Crippen LogP contribution in [0.25, 0.3) is 11.1 Å². The summed E-state index contributed by atoms with van der Waals surface area (Å²) in [6, 6.07) is 12.3. The van der Waals surface area contributed by atoms with Crippen molar-refractivity contribution in [3.63, 3.8) is 0 Å². The number of benzene rings is 4. The van der Waals surface area contributed by atoms with Crippen molar-refractivity contribution in [2.24, 2.45) is 5.92 Å². The second-order valence-corrected chi connectivity index (χ2v) is 19.9. The zero-order chi connectivity index (χ0) is 55.4. The maximum Gasteiger partial charge on any atom is 0.408 e. The van der Waals surface area contributed by atoms with E-state index in [0.29, 0.717) is 17.5 Å². The molecule has 0 heterocycles. The lowest BCUT2D eigenvalue weighted by molar-refractivity contribution is -0.158. The number of hydrogen-bond acceptors (Lipinski definition) is 12. The SMILES string of the molecule is CC[C@H](C)[C@H](NC(=O)OCc1ccccc1)C(=O)N[C@@H](Cc1cc(OC(C)C)c(OC(C)C)c(-c2cc(C[C@H](NC(=O)OC(C)(C)C)C(=O)Oc3c(F)c(F)c(F)c(F)c3F)ccc2OC)c1)C(=O)OC(C)(C)C. The predicted octanol–water partition coefficient (Wildman–Crippen LogP) is 10.4. The monoisotopic (exact) mass is 1040 g/mol. The minimum absolute atomic E-state index is 0.0595. The lowest BCUT2D eigenvalue weighted by Gasteiger charge is -2.28. The van der Waals surface area contributed by atoms with Gasteiger partial charge >= 0.3 is 24.1 Å². The third kappa shape index (κ3) is 17.0. The molecule has 0 bridgehead atoms. The Labute approximate surface area is 428 Å². The molecule has 74 heavy (non-hydrogen) atoms. The molecule has 0 saturated heterocycles. The number of alkyl carbamates (subject to hydrolysis) is 2.